The number of benzene rings is 1. The van der Waals surface area contributed by atoms with Crippen LogP contribution in [0.25, 0.3) is 0 Å². The maximum absolute atomic E-state index is 13.6. The van der Waals surface area contributed by atoms with Gasteiger partial charge in [0.25, 0.3) is 0 Å². The molecule has 3 amide bonds. The number of nitrogens with one attached hydrogen (secondary N) is 2. The van der Waals surface area contributed by atoms with Crippen LogP contribution in [0.3, 0.4) is 0 Å². The Morgan fingerprint density at radius 3 is 2.06 bits per heavy atom. The van der Waals surface area contributed by atoms with E-state index in [4.69, 9.17) is 4.74 Å². The summed E-state index contributed by atoms with van der Waals surface area (Å²) in [7, 11) is 0. The van der Waals surface area contributed by atoms with E-state index in [-0.39, 0.29) is 11.8 Å². The Balaban J connectivity index is 3.31. The number of hydrogen-bond acceptors (Lipinski definition) is 4. The van der Waals surface area contributed by atoms with Crippen LogP contribution in [-0.4, -0.2) is 46.5 Å². The summed E-state index contributed by atoms with van der Waals surface area (Å²) in [6, 6.07) is 6.00. The molecule has 0 aliphatic rings. The molecule has 7 nitrogen and oxygen atoms in total. The van der Waals surface area contributed by atoms with Gasteiger partial charge in [-0.1, -0.05) is 56.0 Å². The Labute approximate surface area is 206 Å². The van der Waals surface area contributed by atoms with Crippen LogP contribution in [-0.2, 0) is 14.3 Å². The highest BCUT2D eigenvalue weighted by atomic mass is 16.6. The van der Waals surface area contributed by atoms with E-state index >= 15 is 0 Å². The largest absolute Gasteiger partial charge is 0.444 e. The Morgan fingerprint density at radius 1 is 0.971 bits per heavy atom. The zero-order chi connectivity index (χ0) is 26.1. The first-order chi connectivity index (χ1) is 15.6. The molecule has 1 rings (SSSR count). The minimum atomic E-state index is -0.851. The average Bonchev–Trinajstić information content (AvgIpc) is 2.68. The summed E-state index contributed by atoms with van der Waals surface area (Å²) < 4.78 is 5.32. The lowest BCUT2D eigenvalue weighted by molar-refractivity contribution is -0.142. The van der Waals surface area contributed by atoms with Crippen molar-refractivity contribution in [2.45, 2.75) is 111 Å². The van der Waals surface area contributed by atoms with Gasteiger partial charge in [0.05, 0.1) is 0 Å². The molecule has 2 N–H and O–H groups in total. The summed E-state index contributed by atoms with van der Waals surface area (Å²) in [6.07, 6.45) is 3.18. The molecule has 0 spiro atoms. The summed E-state index contributed by atoms with van der Waals surface area (Å²) in [5.41, 5.74) is 0.668. The fourth-order valence-corrected chi connectivity index (χ4v) is 3.53. The zero-order valence-electron chi connectivity index (χ0n) is 22.6. The molecule has 0 saturated carbocycles. The number of unbranched alkanes of at least 4 members (excludes halogenated alkanes) is 3. The van der Waals surface area contributed by atoms with Gasteiger partial charge < -0.3 is 20.3 Å². The number of hydrogen-bond donors (Lipinski definition) is 2. The number of carbonyl (C=O) groups is 3. The van der Waals surface area contributed by atoms with Crippen molar-refractivity contribution in [2.75, 3.05) is 6.54 Å². The highest BCUT2D eigenvalue weighted by molar-refractivity contribution is 5.92. The van der Waals surface area contributed by atoms with Gasteiger partial charge in [-0.15, -0.1) is 0 Å². The van der Waals surface area contributed by atoms with Crippen molar-refractivity contribution >= 4 is 17.9 Å². The fraction of sp³-hybridized carbons (Fsp3) is 0.667. The van der Waals surface area contributed by atoms with E-state index in [1.54, 1.807) is 32.6 Å². The molecule has 0 saturated heterocycles. The van der Waals surface area contributed by atoms with Crippen LogP contribution in [0.2, 0.25) is 0 Å². The molecule has 7 heteroatoms. The van der Waals surface area contributed by atoms with E-state index in [0.29, 0.717) is 6.54 Å². The van der Waals surface area contributed by atoms with E-state index < -0.39 is 29.3 Å². The third kappa shape index (κ3) is 10.6. The van der Waals surface area contributed by atoms with E-state index in [1.807, 2.05) is 52.0 Å². The van der Waals surface area contributed by atoms with E-state index in [9.17, 15) is 14.4 Å². The molecule has 0 bridgehead atoms. The SMILES string of the molecule is CCCCCCN(C(=O)C(C)NC(=O)OC(C)(C)C)C(C(=O)NC(C)(C)C)c1ccc(C)cc1. The average molecular weight is 476 g/mol. The summed E-state index contributed by atoms with van der Waals surface area (Å²) >= 11 is 0. The molecule has 0 fully saturated rings. The van der Waals surface area contributed by atoms with Crippen molar-refractivity contribution in [3.05, 3.63) is 35.4 Å². The Kier molecular flexibility index (Phi) is 11.1. The van der Waals surface area contributed by atoms with Crippen LogP contribution in [0.1, 0.15) is 98.2 Å². The van der Waals surface area contributed by atoms with Crippen LogP contribution in [0.5, 0.6) is 0 Å². The van der Waals surface area contributed by atoms with Gasteiger partial charge in [-0.3, -0.25) is 9.59 Å². The lowest BCUT2D eigenvalue weighted by atomic mass is 9.99. The van der Waals surface area contributed by atoms with Crippen molar-refractivity contribution < 1.29 is 19.1 Å². The molecule has 0 heterocycles. The lowest BCUT2D eigenvalue weighted by Crippen LogP contribution is -2.54. The summed E-state index contributed by atoms with van der Waals surface area (Å²) in [6.45, 7) is 17.2. The lowest BCUT2D eigenvalue weighted by Gasteiger charge is -2.35. The summed E-state index contributed by atoms with van der Waals surface area (Å²) in [4.78, 5) is 41.0. The van der Waals surface area contributed by atoms with Gasteiger partial charge in [0.15, 0.2) is 0 Å². The quantitative estimate of drug-likeness (QED) is 0.451. The third-order valence-corrected chi connectivity index (χ3v) is 5.09. The molecule has 2 atom stereocenters. The van der Waals surface area contributed by atoms with Gasteiger partial charge in [0.2, 0.25) is 11.8 Å². The van der Waals surface area contributed by atoms with E-state index in [1.165, 1.54) is 0 Å². The number of nitrogens with zero attached hydrogens (tertiary/aromatic N) is 1. The second kappa shape index (κ2) is 12.8. The van der Waals surface area contributed by atoms with Crippen LogP contribution in [0.4, 0.5) is 4.79 Å². The Bertz CT molecular complexity index is 807. The van der Waals surface area contributed by atoms with Crippen LogP contribution in [0, 0.1) is 6.92 Å². The van der Waals surface area contributed by atoms with Gasteiger partial charge in [-0.25, -0.2) is 4.79 Å². The first kappa shape index (κ1) is 29.5. The first-order valence-electron chi connectivity index (χ1n) is 12.3. The maximum atomic E-state index is 13.6. The summed E-state index contributed by atoms with van der Waals surface area (Å²) in [5.74, 6) is -0.568. The molecular weight excluding hydrogens is 430 g/mol. The van der Waals surface area contributed by atoms with Gasteiger partial charge in [-0.05, 0) is 67.4 Å². The standard InChI is InChI=1S/C27H45N3O4/c1-10-11-12-13-18-30(24(32)20(3)28-25(33)34-27(7,8)9)22(23(31)29-26(4,5)6)21-16-14-19(2)15-17-21/h14-17,20,22H,10-13,18H2,1-9H3,(H,28,33)(H,29,31). The van der Waals surface area contributed by atoms with Gasteiger partial charge >= 0.3 is 6.09 Å². The van der Waals surface area contributed by atoms with Gasteiger partial charge in [0, 0.05) is 12.1 Å². The second-order valence-corrected chi connectivity index (χ2v) is 11.0. The number of amides is 3. The molecular formula is C27H45N3O4. The molecule has 34 heavy (non-hydrogen) atoms. The second-order valence-electron chi connectivity index (χ2n) is 11.0. The van der Waals surface area contributed by atoms with Crippen molar-refractivity contribution in [3.63, 3.8) is 0 Å². The highest BCUT2D eigenvalue weighted by Gasteiger charge is 2.35. The molecule has 1 aromatic carbocycles. The van der Waals surface area contributed by atoms with E-state index in [2.05, 4.69) is 17.6 Å². The smallest absolute Gasteiger partial charge is 0.408 e. The molecule has 192 valence electrons. The van der Waals surface area contributed by atoms with Crippen LogP contribution in [0.15, 0.2) is 24.3 Å². The fourth-order valence-electron chi connectivity index (χ4n) is 3.53. The van der Waals surface area contributed by atoms with Crippen LogP contribution < -0.4 is 10.6 Å². The Hall–Kier alpha value is -2.57. The van der Waals surface area contributed by atoms with Gasteiger partial charge in [0.1, 0.15) is 17.7 Å². The van der Waals surface area contributed by atoms with Crippen molar-refractivity contribution in [1.82, 2.24) is 15.5 Å². The zero-order valence-corrected chi connectivity index (χ0v) is 22.6. The minimum absolute atomic E-state index is 0.246. The predicted octanol–water partition coefficient (Wildman–Crippen LogP) is 5.27. The molecule has 2 unspecified atom stereocenters. The maximum Gasteiger partial charge on any atom is 0.408 e. The number of ether oxygens (including phenoxy) is 1. The first-order valence-corrected chi connectivity index (χ1v) is 12.3. The summed E-state index contributed by atoms with van der Waals surface area (Å²) in [5, 5.41) is 5.67. The topological polar surface area (TPSA) is 87.7 Å². The normalized spacial score (nSPS) is 13.6. The number of carbonyl (C=O) groups excluding carboxylic acids is 3. The van der Waals surface area contributed by atoms with Crippen molar-refractivity contribution in [1.29, 1.82) is 0 Å². The van der Waals surface area contributed by atoms with E-state index in [0.717, 1.165) is 36.8 Å². The highest BCUT2D eigenvalue weighted by Crippen LogP contribution is 2.25. The van der Waals surface area contributed by atoms with Crippen LogP contribution >= 0.6 is 0 Å². The molecule has 0 aliphatic carbocycles. The predicted molar refractivity (Wildman–Crippen MR) is 137 cm³/mol. The molecule has 1 aromatic rings. The number of alkyl carbamates (subject to hydrolysis) is 1. The van der Waals surface area contributed by atoms with Crippen molar-refractivity contribution in [2.24, 2.45) is 0 Å². The Morgan fingerprint density at radius 2 is 1.56 bits per heavy atom. The molecule has 0 aliphatic heterocycles. The van der Waals surface area contributed by atoms with Gasteiger partial charge in [-0.2, -0.15) is 0 Å². The third-order valence-electron chi connectivity index (χ3n) is 5.09. The number of rotatable bonds is 10. The molecule has 0 radical (unpaired) electrons. The number of aryl methyl sites for hydroxylation is 1. The molecule has 0 aromatic heterocycles. The van der Waals surface area contributed by atoms with Crippen molar-refractivity contribution in [3.8, 4) is 0 Å². The monoisotopic (exact) mass is 475 g/mol. The minimum Gasteiger partial charge on any atom is -0.444 e.